The summed E-state index contributed by atoms with van der Waals surface area (Å²) in [6, 6.07) is 12.3. The minimum Gasteiger partial charge on any atom is -0.326 e. The van der Waals surface area contributed by atoms with Crippen molar-refractivity contribution in [2.75, 3.05) is 10.6 Å². The van der Waals surface area contributed by atoms with E-state index in [0.29, 0.717) is 22.9 Å². The van der Waals surface area contributed by atoms with E-state index in [2.05, 4.69) is 10.6 Å². The monoisotopic (exact) mass is 312 g/mol. The molecule has 1 fully saturated rings. The van der Waals surface area contributed by atoms with Gasteiger partial charge in [0, 0.05) is 22.9 Å². The van der Waals surface area contributed by atoms with Crippen LogP contribution in [-0.2, 0) is 4.79 Å². The largest absolute Gasteiger partial charge is 0.326 e. The summed E-state index contributed by atoms with van der Waals surface area (Å²) in [6.07, 6.45) is 0.913. The normalized spacial score (nSPS) is 19.0. The highest BCUT2D eigenvalue weighted by Crippen LogP contribution is 2.38. The number of amides is 2. The Kier molecular flexibility index (Phi) is 4.10. The minimum atomic E-state index is -0.359. The van der Waals surface area contributed by atoms with E-state index in [1.54, 1.807) is 24.3 Å². The first-order chi connectivity index (χ1) is 11.0. The highest BCUT2D eigenvalue weighted by Gasteiger charge is 2.39. The SMILES string of the molecule is C[C@@H]1C[C@H]1C(=O)Nc1cccc(C(=O)Nc2ccc(F)cc2)c1. The molecular weight excluding hydrogens is 295 g/mol. The van der Waals surface area contributed by atoms with Crippen molar-refractivity contribution in [1.82, 2.24) is 0 Å². The molecule has 3 rings (SSSR count). The molecule has 0 bridgehead atoms. The first-order valence-corrected chi connectivity index (χ1v) is 7.51. The van der Waals surface area contributed by atoms with Crippen LogP contribution in [0.2, 0.25) is 0 Å². The number of halogens is 1. The molecule has 2 aromatic carbocycles. The van der Waals surface area contributed by atoms with Gasteiger partial charge in [-0.25, -0.2) is 4.39 Å². The third kappa shape index (κ3) is 3.74. The average molecular weight is 312 g/mol. The van der Waals surface area contributed by atoms with Crippen LogP contribution >= 0.6 is 0 Å². The molecule has 2 atom stereocenters. The van der Waals surface area contributed by atoms with Gasteiger partial charge in [0.05, 0.1) is 0 Å². The fourth-order valence-electron chi connectivity index (χ4n) is 2.40. The van der Waals surface area contributed by atoms with Gasteiger partial charge < -0.3 is 10.6 Å². The van der Waals surface area contributed by atoms with Crippen LogP contribution in [0.5, 0.6) is 0 Å². The summed E-state index contributed by atoms with van der Waals surface area (Å²) in [6.45, 7) is 2.04. The minimum absolute atomic E-state index is 0.00593. The standard InChI is InChI=1S/C18H17FN2O2/c1-11-9-16(11)18(23)21-15-4-2-3-12(10-15)17(22)20-14-7-5-13(19)6-8-14/h2-8,10-11,16H,9H2,1H3,(H,20,22)(H,21,23)/t11-,16-/m1/s1. The zero-order valence-corrected chi connectivity index (χ0v) is 12.7. The molecule has 0 unspecified atom stereocenters. The highest BCUT2D eigenvalue weighted by atomic mass is 19.1. The van der Waals surface area contributed by atoms with Crippen molar-refractivity contribution in [3.05, 3.63) is 59.9 Å². The maximum atomic E-state index is 12.9. The topological polar surface area (TPSA) is 58.2 Å². The Balaban J connectivity index is 1.67. The van der Waals surface area contributed by atoms with E-state index in [1.807, 2.05) is 6.92 Å². The van der Waals surface area contributed by atoms with E-state index >= 15 is 0 Å². The van der Waals surface area contributed by atoms with Crippen LogP contribution in [0, 0.1) is 17.7 Å². The lowest BCUT2D eigenvalue weighted by Gasteiger charge is -2.08. The van der Waals surface area contributed by atoms with E-state index < -0.39 is 0 Å². The van der Waals surface area contributed by atoms with Gasteiger partial charge >= 0.3 is 0 Å². The molecule has 0 aromatic heterocycles. The molecule has 0 radical (unpaired) electrons. The van der Waals surface area contributed by atoms with E-state index in [4.69, 9.17) is 0 Å². The first-order valence-electron chi connectivity index (χ1n) is 7.51. The molecule has 0 saturated heterocycles. The first kappa shape index (κ1) is 15.2. The second-order valence-corrected chi connectivity index (χ2v) is 5.85. The highest BCUT2D eigenvalue weighted by molar-refractivity contribution is 6.05. The van der Waals surface area contributed by atoms with Crippen LogP contribution in [0.15, 0.2) is 48.5 Å². The van der Waals surface area contributed by atoms with Gasteiger partial charge in [-0.2, -0.15) is 0 Å². The van der Waals surface area contributed by atoms with Crippen molar-refractivity contribution in [2.45, 2.75) is 13.3 Å². The Morgan fingerprint density at radius 1 is 1.04 bits per heavy atom. The van der Waals surface area contributed by atoms with Crippen LogP contribution in [-0.4, -0.2) is 11.8 Å². The number of rotatable bonds is 4. The van der Waals surface area contributed by atoms with Gasteiger partial charge in [-0.15, -0.1) is 0 Å². The molecule has 0 spiro atoms. The van der Waals surface area contributed by atoms with Crippen LogP contribution in [0.4, 0.5) is 15.8 Å². The zero-order chi connectivity index (χ0) is 16.4. The molecule has 1 saturated carbocycles. The Morgan fingerprint density at radius 2 is 1.74 bits per heavy atom. The van der Waals surface area contributed by atoms with Crippen molar-refractivity contribution in [3.63, 3.8) is 0 Å². The van der Waals surface area contributed by atoms with Crippen LogP contribution in [0.3, 0.4) is 0 Å². The summed E-state index contributed by atoms with van der Waals surface area (Å²) in [5.41, 5.74) is 1.54. The van der Waals surface area contributed by atoms with E-state index in [9.17, 15) is 14.0 Å². The summed E-state index contributed by atoms with van der Waals surface area (Å²) in [5, 5.41) is 5.52. The third-order valence-corrected chi connectivity index (χ3v) is 3.94. The lowest BCUT2D eigenvalue weighted by Crippen LogP contribution is -2.16. The number of carbonyl (C=O) groups excluding carboxylic acids is 2. The zero-order valence-electron chi connectivity index (χ0n) is 12.7. The Labute approximate surface area is 133 Å². The molecular formula is C18H17FN2O2. The molecule has 0 aliphatic heterocycles. The number of nitrogens with one attached hydrogen (secondary N) is 2. The quantitative estimate of drug-likeness (QED) is 0.905. The molecule has 1 aliphatic rings. The summed E-state index contributed by atoms with van der Waals surface area (Å²) in [4.78, 5) is 24.2. The summed E-state index contributed by atoms with van der Waals surface area (Å²) in [5.74, 6) is -0.172. The third-order valence-electron chi connectivity index (χ3n) is 3.94. The van der Waals surface area contributed by atoms with Crippen LogP contribution in [0.1, 0.15) is 23.7 Å². The molecule has 4 nitrogen and oxygen atoms in total. The van der Waals surface area contributed by atoms with Crippen molar-refractivity contribution in [3.8, 4) is 0 Å². The van der Waals surface area contributed by atoms with E-state index in [0.717, 1.165) is 6.42 Å². The molecule has 2 amide bonds. The van der Waals surface area contributed by atoms with Crippen molar-refractivity contribution in [2.24, 2.45) is 11.8 Å². The molecule has 0 heterocycles. The maximum absolute atomic E-state index is 12.9. The van der Waals surface area contributed by atoms with Gasteiger partial charge in [-0.05, 0) is 54.8 Å². The molecule has 2 aromatic rings. The van der Waals surface area contributed by atoms with Gasteiger partial charge in [0.1, 0.15) is 5.82 Å². The van der Waals surface area contributed by atoms with Gasteiger partial charge in [0.25, 0.3) is 5.91 Å². The number of benzene rings is 2. The summed E-state index contributed by atoms with van der Waals surface area (Å²) in [7, 11) is 0. The van der Waals surface area contributed by atoms with E-state index in [-0.39, 0.29) is 23.5 Å². The Morgan fingerprint density at radius 3 is 2.39 bits per heavy atom. The summed E-state index contributed by atoms with van der Waals surface area (Å²) < 4.78 is 12.9. The number of hydrogen-bond donors (Lipinski definition) is 2. The predicted molar refractivity (Wildman–Crippen MR) is 86.7 cm³/mol. The van der Waals surface area contributed by atoms with Crippen LogP contribution < -0.4 is 10.6 Å². The van der Waals surface area contributed by atoms with Crippen LogP contribution in [0.25, 0.3) is 0 Å². The fraction of sp³-hybridized carbons (Fsp3) is 0.222. The van der Waals surface area contributed by atoms with Gasteiger partial charge in [0.2, 0.25) is 5.91 Å². The van der Waals surface area contributed by atoms with E-state index in [1.165, 1.54) is 24.3 Å². The molecule has 2 N–H and O–H groups in total. The van der Waals surface area contributed by atoms with Gasteiger partial charge in [-0.1, -0.05) is 13.0 Å². The molecule has 118 valence electrons. The maximum Gasteiger partial charge on any atom is 0.255 e. The smallest absolute Gasteiger partial charge is 0.255 e. The Bertz CT molecular complexity index is 743. The predicted octanol–water partition coefficient (Wildman–Crippen LogP) is 3.67. The molecule has 5 heteroatoms. The molecule has 1 aliphatic carbocycles. The fourth-order valence-corrected chi connectivity index (χ4v) is 2.40. The number of anilines is 2. The second-order valence-electron chi connectivity index (χ2n) is 5.85. The van der Waals surface area contributed by atoms with Gasteiger partial charge in [-0.3, -0.25) is 9.59 Å². The summed E-state index contributed by atoms with van der Waals surface area (Å²) >= 11 is 0. The van der Waals surface area contributed by atoms with Crippen molar-refractivity contribution in [1.29, 1.82) is 0 Å². The van der Waals surface area contributed by atoms with Gasteiger partial charge in [0.15, 0.2) is 0 Å². The Hall–Kier alpha value is -2.69. The van der Waals surface area contributed by atoms with Crippen molar-refractivity contribution < 1.29 is 14.0 Å². The number of hydrogen-bond acceptors (Lipinski definition) is 2. The molecule has 23 heavy (non-hydrogen) atoms. The lowest BCUT2D eigenvalue weighted by atomic mass is 10.1. The second kappa shape index (κ2) is 6.20. The average Bonchev–Trinajstić information content (AvgIpc) is 3.27. The number of carbonyl (C=O) groups is 2. The lowest BCUT2D eigenvalue weighted by molar-refractivity contribution is -0.117. The van der Waals surface area contributed by atoms with Crippen molar-refractivity contribution >= 4 is 23.2 Å².